The fraction of sp³-hybridized carbons (Fsp3) is 0.429. The van der Waals surface area contributed by atoms with E-state index in [0.717, 1.165) is 31.5 Å². The van der Waals surface area contributed by atoms with Crippen molar-refractivity contribution >= 4 is 23.2 Å². The van der Waals surface area contributed by atoms with Crippen LogP contribution in [-0.2, 0) is 0 Å². The Bertz CT molecular complexity index is 732. The molecule has 2 unspecified atom stereocenters. The highest BCUT2D eigenvalue weighted by Crippen LogP contribution is 2.38. The van der Waals surface area contributed by atoms with Gasteiger partial charge in [0, 0.05) is 35.2 Å². The minimum Gasteiger partial charge on any atom is -0.393 e. The van der Waals surface area contributed by atoms with Gasteiger partial charge in [-0.2, -0.15) is 0 Å². The van der Waals surface area contributed by atoms with Crippen LogP contribution in [0.1, 0.15) is 24.5 Å². The molecule has 1 heterocycles. The van der Waals surface area contributed by atoms with Crippen molar-refractivity contribution in [2.24, 2.45) is 11.8 Å². The van der Waals surface area contributed by atoms with E-state index in [1.54, 1.807) is 36.4 Å². The molecule has 2 N–H and O–H groups in total. The minimum atomic E-state index is -0.594. The van der Waals surface area contributed by atoms with Crippen LogP contribution in [0.4, 0.5) is 4.39 Å². The molecule has 0 bridgehead atoms. The van der Waals surface area contributed by atoms with Crippen LogP contribution in [0.3, 0.4) is 0 Å². The van der Waals surface area contributed by atoms with Crippen molar-refractivity contribution in [1.29, 1.82) is 0 Å². The largest absolute Gasteiger partial charge is 0.393 e. The normalized spacial score (nSPS) is 25.6. The second-order valence-corrected chi connectivity index (χ2v) is 8.18. The lowest BCUT2D eigenvalue weighted by Crippen LogP contribution is -2.28. The zero-order chi connectivity index (χ0) is 19.4. The highest BCUT2D eigenvalue weighted by molar-refractivity contribution is 6.35. The molecule has 2 aromatic carbocycles. The molecule has 4 atom stereocenters. The van der Waals surface area contributed by atoms with E-state index in [1.807, 2.05) is 0 Å². The Kier molecular flexibility index (Phi) is 7.12. The van der Waals surface area contributed by atoms with Crippen LogP contribution in [0.5, 0.6) is 0 Å². The van der Waals surface area contributed by atoms with E-state index in [-0.39, 0.29) is 11.9 Å². The number of aliphatic hydroxyl groups excluding tert-OH is 2. The number of fused-ring (bicyclic) bond motifs is 1. The fourth-order valence-corrected chi connectivity index (χ4v) is 4.58. The molecule has 0 aromatic heterocycles. The quantitative estimate of drug-likeness (QED) is 0.777. The van der Waals surface area contributed by atoms with Gasteiger partial charge in [0.1, 0.15) is 5.82 Å². The van der Waals surface area contributed by atoms with E-state index < -0.39 is 6.10 Å². The highest BCUT2D eigenvalue weighted by Gasteiger charge is 2.40. The summed E-state index contributed by atoms with van der Waals surface area (Å²) in [5.41, 5.74) is 0.730. The number of hydrogen-bond acceptors (Lipinski definition) is 3. The molecule has 1 saturated carbocycles. The molecule has 3 nitrogen and oxygen atoms in total. The van der Waals surface area contributed by atoms with Gasteiger partial charge >= 0.3 is 0 Å². The Hall–Kier alpha value is -1.17. The second kappa shape index (κ2) is 9.35. The van der Waals surface area contributed by atoms with Gasteiger partial charge in [0.2, 0.25) is 0 Å². The van der Waals surface area contributed by atoms with Crippen LogP contribution >= 0.6 is 23.2 Å². The Morgan fingerprint density at radius 3 is 2.19 bits per heavy atom. The summed E-state index contributed by atoms with van der Waals surface area (Å²) in [7, 11) is 0. The Labute approximate surface area is 169 Å². The number of likely N-dealkylation sites (tertiary alicyclic amines) is 1. The van der Waals surface area contributed by atoms with Crippen LogP contribution in [0, 0.1) is 17.7 Å². The van der Waals surface area contributed by atoms with Crippen LogP contribution in [0.15, 0.2) is 48.5 Å². The van der Waals surface area contributed by atoms with E-state index in [4.69, 9.17) is 23.2 Å². The molecule has 1 aliphatic heterocycles. The smallest absolute Gasteiger partial charge is 0.123 e. The predicted molar refractivity (Wildman–Crippen MR) is 106 cm³/mol. The van der Waals surface area contributed by atoms with Gasteiger partial charge in [-0.15, -0.1) is 0 Å². The molecular formula is C21H24Cl2FNO2. The number of halogens is 3. The van der Waals surface area contributed by atoms with Gasteiger partial charge in [-0.3, -0.25) is 4.90 Å². The molecule has 1 saturated heterocycles. The van der Waals surface area contributed by atoms with Gasteiger partial charge in [-0.1, -0.05) is 47.5 Å². The summed E-state index contributed by atoms with van der Waals surface area (Å²) in [5.74, 6) is 0.985. The molecule has 0 radical (unpaired) electrons. The Morgan fingerprint density at radius 1 is 1.04 bits per heavy atom. The highest BCUT2D eigenvalue weighted by atomic mass is 35.5. The van der Waals surface area contributed by atoms with E-state index in [2.05, 4.69) is 4.90 Å². The average molecular weight is 412 g/mol. The molecule has 4 rings (SSSR count). The van der Waals surface area contributed by atoms with Crippen LogP contribution in [-0.4, -0.2) is 40.9 Å². The summed E-state index contributed by atoms with van der Waals surface area (Å²) in [4.78, 5) is 2.27. The second-order valence-electron chi connectivity index (χ2n) is 7.34. The molecule has 6 heteroatoms. The first-order valence-corrected chi connectivity index (χ1v) is 9.92. The summed E-state index contributed by atoms with van der Waals surface area (Å²) in [6.07, 6.45) is 1.09. The van der Waals surface area contributed by atoms with E-state index >= 15 is 0 Å². The third kappa shape index (κ3) is 5.66. The van der Waals surface area contributed by atoms with Gasteiger partial charge in [0.25, 0.3) is 0 Å². The first kappa shape index (κ1) is 20.6. The van der Waals surface area contributed by atoms with Gasteiger partial charge in [0.05, 0.1) is 12.2 Å². The van der Waals surface area contributed by atoms with E-state index in [9.17, 15) is 14.6 Å². The topological polar surface area (TPSA) is 43.7 Å². The van der Waals surface area contributed by atoms with E-state index in [0.29, 0.717) is 28.4 Å². The predicted octanol–water partition coefficient (Wildman–Crippen LogP) is 4.56. The molecule has 0 amide bonds. The van der Waals surface area contributed by atoms with E-state index in [1.165, 1.54) is 12.1 Å². The number of nitrogens with zero attached hydrogens (tertiary/aromatic N) is 1. The molecule has 2 aliphatic rings. The summed E-state index contributed by atoms with van der Waals surface area (Å²) in [6.45, 7) is 2.51. The first-order chi connectivity index (χ1) is 12.9. The Balaban J connectivity index is 0.000000253. The molecule has 2 fully saturated rings. The zero-order valence-electron chi connectivity index (χ0n) is 14.9. The van der Waals surface area contributed by atoms with Crippen molar-refractivity contribution in [3.05, 3.63) is 70.0 Å². The molecule has 0 spiro atoms. The molecule has 1 aliphatic carbocycles. The number of β-amino-alcohol motifs (C(OH)–C–C–N with tert-alkyl or cyclic N) is 1. The summed E-state index contributed by atoms with van der Waals surface area (Å²) < 4.78 is 11.9. The lowest BCUT2D eigenvalue weighted by atomic mass is 10.0. The lowest BCUT2D eigenvalue weighted by Gasteiger charge is -2.22. The number of aliphatic hydroxyl groups is 2. The van der Waals surface area contributed by atoms with Crippen molar-refractivity contribution < 1.29 is 14.6 Å². The summed E-state index contributed by atoms with van der Waals surface area (Å²) in [5, 5.41) is 21.1. The van der Waals surface area contributed by atoms with Gasteiger partial charge in [-0.05, 0) is 48.9 Å². The summed E-state index contributed by atoms with van der Waals surface area (Å²) in [6, 6.07) is 13.1. The van der Waals surface area contributed by atoms with Crippen molar-refractivity contribution in [1.82, 2.24) is 4.90 Å². The maximum atomic E-state index is 11.9. The molecule has 2 aromatic rings. The maximum Gasteiger partial charge on any atom is 0.123 e. The van der Waals surface area contributed by atoms with Crippen LogP contribution < -0.4 is 0 Å². The van der Waals surface area contributed by atoms with Crippen molar-refractivity contribution in [3.8, 4) is 0 Å². The maximum absolute atomic E-state index is 11.9. The van der Waals surface area contributed by atoms with Crippen molar-refractivity contribution in [3.63, 3.8) is 0 Å². The fourth-order valence-electron chi connectivity index (χ4n) is 4.04. The standard InChI is InChI=1S/C15H19Cl2NO2.C6H5F/c16-11-1-2-13(14(17)5-11)15(20)8-18-6-9-3-12(19)4-10(9)7-18;7-6-4-2-1-3-5-6/h1-2,5,9-10,12,15,19-20H,3-4,6-8H2;1-5H/t9-,10+,12?,15?;. The van der Waals surface area contributed by atoms with Gasteiger partial charge < -0.3 is 10.2 Å². The average Bonchev–Trinajstić information content (AvgIpc) is 3.12. The molecular weight excluding hydrogens is 388 g/mol. The molecule has 146 valence electrons. The zero-order valence-corrected chi connectivity index (χ0v) is 16.5. The summed E-state index contributed by atoms with van der Waals surface area (Å²) >= 11 is 12.0. The van der Waals surface area contributed by atoms with Gasteiger partial charge in [0.15, 0.2) is 0 Å². The molecule has 27 heavy (non-hydrogen) atoms. The lowest BCUT2D eigenvalue weighted by molar-refractivity contribution is 0.113. The SMILES string of the molecule is Fc1ccccc1.OC1C[C@@H]2CN(CC(O)c3ccc(Cl)cc3Cl)C[C@@H]2C1. The number of hydrogen-bond donors (Lipinski definition) is 2. The van der Waals surface area contributed by atoms with Crippen molar-refractivity contribution in [2.75, 3.05) is 19.6 Å². The first-order valence-electron chi connectivity index (χ1n) is 9.16. The number of benzene rings is 2. The van der Waals surface area contributed by atoms with Crippen LogP contribution in [0.25, 0.3) is 0 Å². The third-order valence-electron chi connectivity index (χ3n) is 5.29. The minimum absolute atomic E-state index is 0.122. The monoisotopic (exact) mass is 411 g/mol. The van der Waals surface area contributed by atoms with Crippen LogP contribution in [0.2, 0.25) is 10.0 Å². The van der Waals surface area contributed by atoms with Crippen molar-refractivity contribution in [2.45, 2.75) is 25.0 Å². The third-order valence-corrected chi connectivity index (χ3v) is 5.85. The number of rotatable bonds is 3. The Morgan fingerprint density at radius 2 is 1.67 bits per heavy atom. The van der Waals surface area contributed by atoms with Gasteiger partial charge in [-0.25, -0.2) is 4.39 Å².